The molecule has 2 rings (SSSR count). The van der Waals surface area contributed by atoms with E-state index in [4.69, 9.17) is 0 Å². The Labute approximate surface area is 148 Å². The molecule has 0 aliphatic carbocycles. The molecule has 0 saturated carbocycles. The molecule has 25 heavy (non-hydrogen) atoms. The van der Waals surface area contributed by atoms with Gasteiger partial charge in [0.15, 0.2) is 0 Å². The predicted molar refractivity (Wildman–Crippen MR) is 96.0 cm³/mol. The molecule has 1 aromatic carbocycles. The molecule has 1 heterocycles. The zero-order valence-corrected chi connectivity index (χ0v) is 14.6. The van der Waals surface area contributed by atoms with E-state index in [1.807, 2.05) is 18.2 Å². The highest BCUT2D eigenvalue weighted by Gasteiger charge is 2.22. The van der Waals surface area contributed by atoms with Gasteiger partial charge in [0.25, 0.3) is 5.91 Å². The van der Waals surface area contributed by atoms with Crippen molar-refractivity contribution in [1.82, 2.24) is 16.0 Å². The summed E-state index contributed by atoms with van der Waals surface area (Å²) >= 11 is 0. The predicted octanol–water partition coefficient (Wildman–Crippen LogP) is 1.62. The molecule has 136 valence electrons. The van der Waals surface area contributed by atoms with E-state index in [1.165, 1.54) is 0 Å². The van der Waals surface area contributed by atoms with E-state index >= 15 is 0 Å². The third-order valence-electron chi connectivity index (χ3n) is 4.37. The maximum Gasteiger partial charge on any atom is 0.251 e. The number of rotatable bonds is 8. The Morgan fingerprint density at radius 2 is 1.72 bits per heavy atom. The van der Waals surface area contributed by atoms with Gasteiger partial charge in [0, 0.05) is 24.4 Å². The van der Waals surface area contributed by atoms with Gasteiger partial charge in [0.2, 0.25) is 11.8 Å². The van der Waals surface area contributed by atoms with E-state index in [2.05, 4.69) is 16.0 Å². The van der Waals surface area contributed by atoms with E-state index in [9.17, 15) is 14.4 Å². The van der Waals surface area contributed by atoms with Crippen molar-refractivity contribution in [2.75, 3.05) is 19.6 Å². The zero-order valence-electron chi connectivity index (χ0n) is 14.6. The lowest BCUT2D eigenvalue weighted by atomic mass is 9.97. The third kappa shape index (κ3) is 7.05. The van der Waals surface area contributed by atoms with Gasteiger partial charge >= 0.3 is 0 Å². The number of carbonyl (C=O) groups excluding carboxylic acids is 3. The molecule has 0 radical (unpaired) electrons. The molecule has 6 nitrogen and oxygen atoms in total. The summed E-state index contributed by atoms with van der Waals surface area (Å²) in [6, 6.07) is 9.09. The van der Waals surface area contributed by atoms with Gasteiger partial charge < -0.3 is 10.6 Å². The Hall–Kier alpha value is -2.21. The van der Waals surface area contributed by atoms with Gasteiger partial charge in [-0.3, -0.25) is 19.7 Å². The minimum absolute atomic E-state index is 0.0431. The molecule has 3 amide bonds. The van der Waals surface area contributed by atoms with Gasteiger partial charge in [-0.2, -0.15) is 0 Å². The largest absolute Gasteiger partial charge is 0.352 e. The van der Waals surface area contributed by atoms with Crippen molar-refractivity contribution < 1.29 is 14.4 Å². The van der Waals surface area contributed by atoms with E-state index in [0.717, 1.165) is 38.8 Å². The van der Waals surface area contributed by atoms with Crippen LogP contribution in [0.25, 0.3) is 0 Å². The summed E-state index contributed by atoms with van der Waals surface area (Å²) in [5.74, 6) is -0.456. The lowest BCUT2D eigenvalue weighted by Crippen LogP contribution is -2.40. The van der Waals surface area contributed by atoms with Crippen molar-refractivity contribution in [2.24, 2.45) is 5.92 Å². The number of hydrogen-bond donors (Lipinski definition) is 3. The Balaban J connectivity index is 1.51. The number of nitrogens with one attached hydrogen (secondary N) is 3. The fourth-order valence-electron chi connectivity index (χ4n) is 2.87. The molecule has 1 saturated heterocycles. The number of unbranched alkanes of at least 4 members (excludes halogenated alkanes) is 2. The summed E-state index contributed by atoms with van der Waals surface area (Å²) in [6.45, 7) is 2.26. The van der Waals surface area contributed by atoms with Crippen LogP contribution in [0.4, 0.5) is 0 Å². The molecule has 3 N–H and O–H groups in total. The van der Waals surface area contributed by atoms with Crippen LogP contribution in [-0.4, -0.2) is 37.4 Å². The number of amides is 3. The maximum absolute atomic E-state index is 11.9. The fraction of sp³-hybridized carbons (Fsp3) is 0.526. The normalized spacial score (nSPS) is 14.7. The first kappa shape index (κ1) is 19.1. The first-order valence-corrected chi connectivity index (χ1v) is 9.04. The van der Waals surface area contributed by atoms with Crippen LogP contribution in [0.3, 0.4) is 0 Å². The van der Waals surface area contributed by atoms with Crippen LogP contribution >= 0.6 is 0 Å². The highest BCUT2D eigenvalue weighted by atomic mass is 16.2. The second-order valence-corrected chi connectivity index (χ2v) is 6.37. The topological polar surface area (TPSA) is 87.3 Å². The Bertz CT molecular complexity index is 569. The fourth-order valence-corrected chi connectivity index (χ4v) is 2.87. The molecule has 6 heteroatoms. The van der Waals surface area contributed by atoms with E-state index in [-0.39, 0.29) is 23.6 Å². The Morgan fingerprint density at radius 3 is 2.44 bits per heavy atom. The van der Waals surface area contributed by atoms with Crippen LogP contribution in [0.15, 0.2) is 30.3 Å². The maximum atomic E-state index is 11.9. The Morgan fingerprint density at radius 1 is 1.00 bits per heavy atom. The van der Waals surface area contributed by atoms with Crippen molar-refractivity contribution >= 4 is 17.7 Å². The lowest BCUT2D eigenvalue weighted by Gasteiger charge is -2.21. The summed E-state index contributed by atoms with van der Waals surface area (Å²) in [4.78, 5) is 35.6. The molecule has 0 spiro atoms. The van der Waals surface area contributed by atoms with Gasteiger partial charge in [0.1, 0.15) is 0 Å². The molecule has 1 aromatic rings. The summed E-state index contributed by atoms with van der Waals surface area (Å²) in [7, 11) is 0. The van der Waals surface area contributed by atoms with Gasteiger partial charge in [-0.15, -0.1) is 0 Å². The third-order valence-corrected chi connectivity index (χ3v) is 4.37. The number of piperidine rings is 1. The average molecular weight is 345 g/mol. The minimum Gasteiger partial charge on any atom is -0.352 e. The average Bonchev–Trinajstić information content (AvgIpc) is 2.65. The molecule has 1 aliphatic heterocycles. The summed E-state index contributed by atoms with van der Waals surface area (Å²) < 4.78 is 0. The summed E-state index contributed by atoms with van der Waals surface area (Å²) in [6.07, 6.45) is 4.30. The second-order valence-electron chi connectivity index (χ2n) is 6.37. The molecule has 1 aliphatic rings. The minimum atomic E-state index is -0.197. The quantitative estimate of drug-likeness (QED) is 0.625. The van der Waals surface area contributed by atoms with Gasteiger partial charge in [-0.1, -0.05) is 24.6 Å². The highest BCUT2D eigenvalue weighted by molar-refractivity contribution is 5.96. The van der Waals surface area contributed by atoms with Crippen molar-refractivity contribution in [1.29, 1.82) is 0 Å². The van der Waals surface area contributed by atoms with Crippen LogP contribution in [0.5, 0.6) is 0 Å². The number of imide groups is 1. The van der Waals surface area contributed by atoms with Crippen molar-refractivity contribution in [3.63, 3.8) is 0 Å². The van der Waals surface area contributed by atoms with Gasteiger partial charge in [-0.05, 0) is 50.9 Å². The summed E-state index contributed by atoms with van der Waals surface area (Å²) in [5, 5.41) is 8.57. The van der Waals surface area contributed by atoms with E-state index in [0.29, 0.717) is 24.9 Å². The molecular weight excluding hydrogens is 318 g/mol. The van der Waals surface area contributed by atoms with Crippen molar-refractivity contribution in [3.8, 4) is 0 Å². The molecule has 0 aromatic heterocycles. The highest BCUT2D eigenvalue weighted by Crippen LogP contribution is 2.11. The van der Waals surface area contributed by atoms with Crippen LogP contribution in [0.2, 0.25) is 0 Å². The van der Waals surface area contributed by atoms with Crippen LogP contribution in [0.1, 0.15) is 48.9 Å². The standard InChI is InChI=1S/C19H27N3O3/c23-17(22-19(25)16-10-13-20-14-11-16)9-5-2-6-12-21-18(24)15-7-3-1-4-8-15/h1,3-4,7-8,16,20H,2,5-6,9-14H2,(H,21,24)(H,22,23,25). The smallest absolute Gasteiger partial charge is 0.251 e. The number of hydrogen-bond acceptors (Lipinski definition) is 4. The van der Waals surface area contributed by atoms with Crippen LogP contribution in [-0.2, 0) is 9.59 Å². The lowest BCUT2D eigenvalue weighted by molar-refractivity contribution is -0.133. The van der Waals surface area contributed by atoms with Crippen LogP contribution in [0, 0.1) is 5.92 Å². The SMILES string of the molecule is O=C(CCCCCNC(=O)c1ccccc1)NC(=O)C1CCNCC1. The van der Waals surface area contributed by atoms with E-state index < -0.39 is 0 Å². The Kier molecular flexibility index (Phi) is 8.12. The second kappa shape index (κ2) is 10.6. The monoisotopic (exact) mass is 345 g/mol. The van der Waals surface area contributed by atoms with Crippen LogP contribution < -0.4 is 16.0 Å². The molecule has 0 unspecified atom stereocenters. The van der Waals surface area contributed by atoms with Gasteiger partial charge in [0.05, 0.1) is 0 Å². The molecular formula is C19H27N3O3. The summed E-state index contributed by atoms with van der Waals surface area (Å²) in [5.41, 5.74) is 0.651. The first-order chi connectivity index (χ1) is 12.2. The van der Waals surface area contributed by atoms with Gasteiger partial charge in [-0.25, -0.2) is 0 Å². The van der Waals surface area contributed by atoms with E-state index in [1.54, 1.807) is 12.1 Å². The zero-order chi connectivity index (χ0) is 17.9. The molecule has 1 fully saturated rings. The number of benzene rings is 1. The molecule has 0 bridgehead atoms. The number of carbonyl (C=O) groups is 3. The van der Waals surface area contributed by atoms with Crippen molar-refractivity contribution in [2.45, 2.75) is 38.5 Å². The van der Waals surface area contributed by atoms with Crippen molar-refractivity contribution in [3.05, 3.63) is 35.9 Å². The first-order valence-electron chi connectivity index (χ1n) is 9.04. The molecule has 0 atom stereocenters.